The smallest absolute Gasteiger partial charge is 0.308 e. The van der Waals surface area contributed by atoms with Gasteiger partial charge in [-0.1, -0.05) is 57.0 Å². The molecule has 0 unspecified atom stereocenters. The predicted octanol–water partition coefficient (Wildman–Crippen LogP) is 2.90. The van der Waals surface area contributed by atoms with Crippen LogP contribution < -0.4 is 5.32 Å². The van der Waals surface area contributed by atoms with Crippen molar-refractivity contribution in [2.45, 2.75) is 35.8 Å². The molecule has 1 saturated heterocycles. The molecule has 3 amide bonds. The van der Waals surface area contributed by atoms with E-state index in [4.69, 9.17) is 4.74 Å². The second-order valence-electron chi connectivity index (χ2n) is 8.30. The fraction of sp³-hybridized carbons (Fsp3) is 0.545. The number of carbonyl (C=O) groups excluding carboxylic acids is 4. The number of anilines is 1. The van der Waals surface area contributed by atoms with E-state index in [9.17, 15) is 19.2 Å². The van der Waals surface area contributed by atoms with Crippen LogP contribution in [0.3, 0.4) is 0 Å². The highest BCUT2D eigenvalue weighted by Crippen LogP contribution is 2.60. The Kier molecular flexibility index (Phi) is 6.53. The molecule has 166 valence electrons. The van der Waals surface area contributed by atoms with Gasteiger partial charge in [-0.05, 0) is 36.3 Å². The van der Waals surface area contributed by atoms with E-state index >= 15 is 0 Å². The predicted molar refractivity (Wildman–Crippen MR) is 121 cm³/mol. The summed E-state index contributed by atoms with van der Waals surface area (Å²) in [5.41, 5.74) is 1.68. The lowest BCUT2D eigenvalue weighted by molar-refractivity contribution is -0.149. The van der Waals surface area contributed by atoms with Gasteiger partial charge in [-0.2, -0.15) is 0 Å². The molecule has 7 nitrogen and oxygen atoms in total. The van der Waals surface area contributed by atoms with E-state index < -0.39 is 18.5 Å². The first-order valence-corrected chi connectivity index (χ1v) is 12.3. The van der Waals surface area contributed by atoms with E-state index in [2.05, 4.69) is 37.2 Å². The van der Waals surface area contributed by atoms with E-state index in [1.54, 1.807) is 6.07 Å². The molecule has 0 aromatic heterocycles. The van der Waals surface area contributed by atoms with Crippen molar-refractivity contribution in [1.29, 1.82) is 0 Å². The van der Waals surface area contributed by atoms with Crippen LogP contribution in [-0.2, 0) is 30.3 Å². The van der Waals surface area contributed by atoms with Crippen molar-refractivity contribution >= 4 is 61.2 Å². The van der Waals surface area contributed by atoms with Crippen molar-refractivity contribution in [3.05, 3.63) is 29.8 Å². The first-order valence-electron chi connectivity index (χ1n) is 10.5. The van der Waals surface area contributed by atoms with E-state index in [-0.39, 0.29) is 58.1 Å². The summed E-state index contributed by atoms with van der Waals surface area (Å²) < 4.78 is 5.05. The molecule has 1 aliphatic heterocycles. The molecule has 3 aliphatic rings. The normalized spacial score (nSPS) is 31.1. The van der Waals surface area contributed by atoms with Gasteiger partial charge in [-0.25, -0.2) is 0 Å². The number of rotatable bonds is 7. The molecule has 2 aliphatic carbocycles. The quantitative estimate of drug-likeness (QED) is 0.317. The lowest BCUT2D eigenvalue weighted by Gasteiger charge is -2.28. The maximum atomic E-state index is 12.8. The van der Waals surface area contributed by atoms with Gasteiger partial charge < -0.3 is 10.1 Å². The van der Waals surface area contributed by atoms with E-state index in [0.29, 0.717) is 5.69 Å². The second kappa shape index (κ2) is 9.02. The topological polar surface area (TPSA) is 92.8 Å². The number of nitrogens with one attached hydrogen (secondary N) is 1. The summed E-state index contributed by atoms with van der Waals surface area (Å²) in [7, 11) is 0. The zero-order valence-electron chi connectivity index (χ0n) is 17.1. The number of amides is 3. The molecule has 2 bridgehead atoms. The highest BCUT2D eigenvalue weighted by Gasteiger charge is 2.66. The minimum absolute atomic E-state index is 0.0108. The van der Waals surface area contributed by atoms with Crippen molar-refractivity contribution < 1.29 is 23.9 Å². The zero-order chi connectivity index (χ0) is 22.3. The lowest BCUT2D eigenvalue weighted by atomic mass is 9.81. The molecule has 0 spiro atoms. The number of carbonyl (C=O) groups is 4. The zero-order valence-corrected chi connectivity index (χ0v) is 20.2. The Morgan fingerprint density at radius 3 is 2.32 bits per heavy atom. The van der Waals surface area contributed by atoms with Crippen LogP contribution >= 0.6 is 31.9 Å². The van der Waals surface area contributed by atoms with E-state index in [1.165, 1.54) is 4.90 Å². The number of para-hydroxylation sites is 1. The number of alkyl halides is 2. The van der Waals surface area contributed by atoms with Gasteiger partial charge in [0.25, 0.3) is 5.91 Å². The van der Waals surface area contributed by atoms with Gasteiger partial charge >= 0.3 is 5.97 Å². The van der Waals surface area contributed by atoms with Crippen LogP contribution in [0.1, 0.15) is 25.3 Å². The van der Waals surface area contributed by atoms with Gasteiger partial charge in [0.05, 0.1) is 18.3 Å². The first kappa shape index (κ1) is 22.5. The molecular formula is C22H24Br2N2O5. The van der Waals surface area contributed by atoms with E-state index in [0.717, 1.165) is 18.4 Å². The third-order valence-electron chi connectivity index (χ3n) is 6.65. The Hall–Kier alpha value is -1.74. The second-order valence-corrected chi connectivity index (χ2v) is 10.4. The minimum atomic E-state index is -0.615. The van der Waals surface area contributed by atoms with Gasteiger partial charge in [0.1, 0.15) is 0 Å². The molecule has 1 N–H and O–H groups in total. The van der Waals surface area contributed by atoms with Crippen molar-refractivity contribution in [3.8, 4) is 0 Å². The molecule has 31 heavy (non-hydrogen) atoms. The van der Waals surface area contributed by atoms with Gasteiger partial charge in [-0.15, -0.1) is 0 Å². The summed E-state index contributed by atoms with van der Waals surface area (Å²) >= 11 is 7.31. The molecule has 3 fully saturated rings. The number of imide groups is 1. The molecule has 1 aromatic carbocycles. The van der Waals surface area contributed by atoms with Crippen LogP contribution in [0.15, 0.2) is 24.3 Å². The Morgan fingerprint density at radius 1 is 1.10 bits per heavy atom. The van der Waals surface area contributed by atoms with Crippen molar-refractivity contribution in [3.63, 3.8) is 0 Å². The third kappa shape index (κ3) is 4.06. The third-order valence-corrected chi connectivity index (χ3v) is 9.86. The van der Waals surface area contributed by atoms with Crippen LogP contribution in [0.2, 0.25) is 0 Å². The molecule has 1 heterocycles. The molecule has 1 aromatic rings. The maximum Gasteiger partial charge on any atom is 0.308 e. The Morgan fingerprint density at radius 2 is 1.71 bits per heavy atom. The SMILES string of the molecule is CCc1ccccc1NC(=O)COC(=O)CCN1C(=O)[C@@H]2[C@H]3C[C@@H]([C@@H](Br)[C@H]3Br)[C@H]2C1=O. The molecule has 6 atom stereocenters. The van der Waals surface area contributed by atoms with Gasteiger partial charge in [-0.3, -0.25) is 24.1 Å². The number of aryl methyl sites for hydroxylation is 1. The molecular weight excluding hydrogens is 532 g/mol. The summed E-state index contributed by atoms with van der Waals surface area (Å²) in [4.78, 5) is 51.5. The first-order chi connectivity index (χ1) is 14.8. The average molecular weight is 556 g/mol. The Balaban J connectivity index is 1.26. The lowest BCUT2D eigenvalue weighted by Crippen LogP contribution is -2.37. The standard InChI is InChI=1S/C22H24Br2N2O5/c1-2-11-5-3-4-6-14(11)25-15(27)10-31-16(28)7-8-26-21(29)17-12-9-13(18(17)22(26)30)20(24)19(12)23/h3-6,12-13,17-20H,2,7-10H2,1H3,(H,25,27)/t12-,13-,17-,18-,19-,20+/m1/s1. The van der Waals surface area contributed by atoms with Crippen LogP contribution in [0, 0.1) is 23.7 Å². The average Bonchev–Trinajstić information content (AvgIpc) is 3.36. The largest absolute Gasteiger partial charge is 0.456 e. The number of fused-ring (bicyclic) bond motifs is 5. The van der Waals surface area contributed by atoms with E-state index in [1.807, 2.05) is 25.1 Å². The maximum absolute atomic E-state index is 12.8. The molecule has 4 rings (SSSR count). The van der Waals surface area contributed by atoms with Gasteiger partial charge in [0.2, 0.25) is 11.8 Å². The van der Waals surface area contributed by atoms with Crippen LogP contribution in [0.4, 0.5) is 5.69 Å². The van der Waals surface area contributed by atoms with Crippen molar-refractivity contribution in [2.75, 3.05) is 18.5 Å². The Bertz CT molecular complexity index is 891. The highest BCUT2D eigenvalue weighted by atomic mass is 79.9. The number of hydrogen-bond donors (Lipinski definition) is 1. The van der Waals surface area contributed by atoms with Crippen LogP contribution in [-0.4, -0.2) is 51.4 Å². The number of hydrogen-bond acceptors (Lipinski definition) is 5. The molecule has 9 heteroatoms. The summed E-state index contributed by atoms with van der Waals surface area (Å²) in [6, 6.07) is 7.43. The van der Waals surface area contributed by atoms with Crippen LogP contribution in [0.25, 0.3) is 0 Å². The van der Waals surface area contributed by atoms with Crippen molar-refractivity contribution in [2.24, 2.45) is 23.7 Å². The number of likely N-dealkylation sites (tertiary alicyclic amines) is 1. The number of halogens is 2. The molecule has 2 saturated carbocycles. The monoisotopic (exact) mass is 554 g/mol. The number of nitrogens with zero attached hydrogens (tertiary/aromatic N) is 1. The summed E-state index contributed by atoms with van der Waals surface area (Å²) in [6.45, 7) is 1.56. The highest BCUT2D eigenvalue weighted by molar-refractivity contribution is 9.12. The summed E-state index contributed by atoms with van der Waals surface area (Å²) in [5.74, 6) is -1.73. The minimum Gasteiger partial charge on any atom is -0.456 e. The van der Waals surface area contributed by atoms with Crippen molar-refractivity contribution in [1.82, 2.24) is 4.90 Å². The van der Waals surface area contributed by atoms with Gasteiger partial charge in [0.15, 0.2) is 6.61 Å². The summed E-state index contributed by atoms with van der Waals surface area (Å²) in [6.07, 6.45) is 1.51. The van der Waals surface area contributed by atoms with Gasteiger partial charge in [0, 0.05) is 21.9 Å². The number of benzene rings is 1. The fourth-order valence-corrected chi connectivity index (χ4v) is 7.06. The Labute approximate surface area is 197 Å². The summed E-state index contributed by atoms with van der Waals surface area (Å²) in [5, 5.41) is 2.74. The number of ether oxygens (including phenoxy) is 1. The fourth-order valence-electron chi connectivity index (χ4n) is 5.19. The van der Waals surface area contributed by atoms with Crippen LogP contribution in [0.5, 0.6) is 0 Å². The molecule has 0 radical (unpaired) electrons. The number of esters is 1.